The standard InChI is InChI=1S/C38H33Cl2F3N2O6S/c1-3-28-34(41)33(40)37(36(43)35(28)42)52(49,50)44(19-24-6-4-5-7-30(24)39)20-32(46)45(27-12-13-29(38(47)48)31(17-27)51-2)18-21-14-25(22-8-9-22)16-26(15-21)23-10-11-23/h3-7,12-17,22-23H,1,8-11,18-20H2,2H3,(H,47,48). The summed E-state index contributed by atoms with van der Waals surface area (Å²) in [6, 6.07) is 16.3. The summed E-state index contributed by atoms with van der Waals surface area (Å²) in [7, 11) is -4.01. The molecule has 2 saturated carbocycles. The van der Waals surface area contributed by atoms with E-state index in [4.69, 9.17) is 27.9 Å². The van der Waals surface area contributed by atoms with Gasteiger partial charge in [0.2, 0.25) is 15.9 Å². The van der Waals surface area contributed by atoms with Crippen molar-refractivity contribution in [2.24, 2.45) is 0 Å². The number of methoxy groups -OCH3 is 1. The SMILES string of the molecule is C=Cc1c(F)c(F)c(S(=O)(=O)N(CC(=O)N(Cc2cc(C3CC3)cc(C3CC3)c2)c2ccc(C(=O)O)c(OC)c2)Cc2ccccc2Cl)c(Cl)c1F. The number of carbonyl (C=O) groups is 2. The van der Waals surface area contributed by atoms with E-state index < -0.39 is 67.9 Å². The van der Waals surface area contributed by atoms with Crippen LogP contribution in [0.25, 0.3) is 6.08 Å². The summed E-state index contributed by atoms with van der Waals surface area (Å²) in [5.41, 5.74) is 2.25. The Labute approximate surface area is 309 Å². The van der Waals surface area contributed by atoms with E-state index in [2.05, 4.69) is 12.6 Å². The zero-order valence-electron chi connectivity index (χ0n) is 27.8. The molecule has 2 fully saturated rings. The van der Waals surface area contributed by atoms with Crippen molar-refractivity contribution in [2.75, 3.05) is 18.6 Å². The molecule has 0 heterocycles. The number of nitrogens with zero attached hydrogens (tertiary/aromatic N) is 2. The average Bonchev–Trinajstić information content (AvgIpc) is 4.04. The van der Waals surface area contributed by atoms with E-state index in [0.29, 0.717) is 22.2 Å². The lowest BCUT2D eigenvalue weighted by Gasteiger charge is -2.29. The molecule has 0 unspecified atom stereocenters. The van der Waals surface area contributed by atoms with Gasteiger partial charge in [0.05, 0.1) is 25.8 Å². The van der Waals surface area contributed by atoms with Crippen LogP contribution in [0.4, 0.5) is 18.9 Å². The lowest BCUT2D eigenvalue weighted by Crippen LogP contribution is -2.43. The fraction of sp³-hybridized carbons (Fsp3) is 0.263. The van der Waals surface area contributed by atoms with Crippen LogP contribution in [0, 0.1) is 17.5 Å². The smallest absolute Gasteiger partial charge is 0.339 e. The van der Waals surface area contributed by atoms with Gasteiger partial charge in [0.15, 0.2) is 17.5 Å². The molecule has 0 aliphatic heterocycles. The molecule has 2 aliphatic carbocycles. The maximum atomic E-state index is 15.6. The Bertz CT molecular complexity index is 2150. The number of benzene rings is 4. The minimum atomic E-state index is -5.28. The van der Waals surface area contributed by atoms with Gasteiger partial charge >= 0.3 is 5.97 Å². The topological polar surface area (TPSA) is 104 Å². The lowest BCUT2D eigenvalue weighted by molar-refractivity contribution is -0.119. The van der Waals surface area contributed by atoms with Gasteiger partial charge < -0.3 is 14.7 Å². The summed E-state index contributed by atoms with van der Waals surface area (Å²) in [5.74, 6) is -6.72. The number of rotatable bonds is 14. The molecule has 272 valence electrons. The molecule has 0 bridgehead atoms. The number of amides is 1. The zero-order valence-corrected chi connectivity index (χ0v) is 30.2. The predicted molar refractivity (Wildman–Crippen MR) is 192 cm³/mol. The lowest BCUT2D eigenvalue weighted by atomic mass is 9.99. The second-order valence-electron chi connectivity index (χ2n) is 12.8. The first kappa shape index (κ1) is 37.4. The maximum absolute atomic E-state index is 15.6. The fourth-order valence-electron chi connectivity index (χ4n) is 6.11. The van der Waals surface area contributed by atoms with Gasteiger partial charge in [-0.3, -0.25) is 4.79 Å². The number of hydrogen-bond donors (Lipinski definition) is 1. The molecule has 52 heavy (non-hydrogen) atoms. The molecular weight excluding hydrogens is 740 g/mol. The molecule has 0 atom stereocenters. The van der Waals surface area contributed by atoms with Crippen molar-refractivity contribution < 1.29 is 41.0 Å². The van der Waals surface area contributed by atoms with E-state index >= 15 is 13.2 Å². The molecule has 4 aromatic carbocycles. The zero-order chi connectivity index (χ0) is 37.5. The van der Waals surface area contributed by atoms with Gasteiger partial charge in [0, 0.05) is 23.3 Å². The third-order valence-corrected chi connectivity index (χ3v) is 11.9. The van der Waals surface area contributed by atoms with E-state index in [9.17, 15) is 23.1 Å². The van der Waals surface area contributed by atoms with Crippen molar-refractivity contribution in [1.29, 1.82) is 0 Å². The molecule has 2 aliphatic rings. The van der Waals surface area contributed by atoms with E-state index in [-0.39, 0.29) is 34.1 Å². The molecule has 0 spiro atoms. The van der Waals surface area contributed by atoms with Gasteiger partial charge in [0.1, 0.15) is 21.2 Å². The van der Waals surface area contributed by atoms with Crippen LogP contribution in [-0.4, -0.2) is 43.4 Å². The average molecular weight is 774 g/mol. The number of carboxylic acid groups (broad SMARTS) is 1. The number of ether oxygens (including phenoxy) is 1. The molecule has 4 aromatic rings. The Morgan fingerprint density at radius 3 is 2.12 bits per heavy atom. The fourth-order valence-corrected chi connectivity index (χ4v) is 8.27. The van der Waals surface area contributed by atoms with Gasteiger partial charge in [-0.15, -0.1) is 0 Å². The number of hydrogen-bond acceptors (Lipinski definition) is 5. The summed E-state index contributed by atoms with van der Waals surface area (Å²) in [6.45, 7) is 1.58. The van der Waals surface area contributed by atoms with Crippen LogP contribution in [0.15, 0.2) is 72.1 Å². The van der Waals surface area contributed by atoms with Gasteiger partial charge in [-0.05, 0) is 78.0 Å². The van der Waals surface area contributed by atoms with Crippen LogP contribution in [0.5, 0.6) is 5.75 Å². The summed E-state index contributed by atoms with van der Waals surface area (Å²) in [4.78, 5) is 26.2. The third kappa shape index (κ3) is 7.57. The summed E-state index contributed by atoms with van der Waals surface area (Å²) in [6.07, 6.45) is 4.80. The Morgan fingerprint density at radius 2 is 1.56 bits per heavy atom. The normalized spacial score (nSPS) is 14.4. The molecule has 6 rings (SSSR count). The summed E-state index contributed by atoms with van der Waals surface area (Å²) in [5, 5.41) is 8.58. The first-order valence-corrected chi connectivity index (χ1v) is 18.5. The summed E-state index contributed by atoms with van der Waals surface area (Å²) >= 11 is 12.4. The minimum absolute atomic E-state index is 0.0594. The van der Waals surface area contributed by atoms with Gasteiger partial charge in [-0.25, -0.2) is 26.4 Å². The second-order valence-corrected chi connectivity index (χ2v) is 15.5. The molecular formula is C38H33Cl2F3N2O6S. The van der Waals surface area contributed by atoms with Crippen LogP contribution < -0.4 is 9.64 Å². The Kier molecular flexibility index (Phi) is 10.7. The van der Waals surface area contributed by atoms with Crippen LogP contribution in [0.1, 0.15) is 75.7 Å². The first-order valence-electron chi connectivity index (χ1n) is 16.3. The Balaban J connectivity index is 1.46. The van der Waals surface area contributed by atoms with Gasteiger partial charge in [-0.2, -0.15) is 4.31 Å². The van der Waals surface area contributed by atoms with E-state index in [0.717, 1.165) is 42.4 Å². The van der Waals surface area contributed by atoms with Crippen LogP contribution in [0.3, 0.4) is 0 Å². The number of aromatic carboxylic acids is 1. The van der Waals surface area contributed by atoms with E-state index in [1.165, 1.54) is 42.3 Å². The highest BCUT2D eigenvalue weighted by atomic mass is 35.5. The van der Waals surface area contributed by atoms with E-state index in [1.54, 1.807) is 12.1 Å². The molecule has 14 heteroatoms. The van der Waals surface area contributed by atoms with Gasteiger partial charge in [0.25, 0.3) is 0 Å². The molecule has 0 aromatic heterocycles. The van der Waals surface area contributed by atoms with Crippen LogP contribution >= 0.6 is 23.2 Å². The monoisotopic (exact) mass is 772 g/mol. The Morgan fingerprint density at radius 1 is 0.923 bits per heavy atom. The molecule has 0 saturated heterocycles. The van der Waals surface area contributed by atoms with Crippen molar-refractivity contribution in [3.05, 3.63) is 128 Å². The summed E-state index contributed by atoms with van der Waals surface area (Å²) < 4.78 is 80.1. The molecule has 0 radical (unpaired) electrons. The largest absolute Gasteiger partial charge is 0.496 e. The third-order valence-electron chi connectivity index (χ3n) is 9.18. The van der Waals surface area contributed by atoms with Gasteiger partial charge in [-0.1, -0.05) is 72.3 Å². The highest BCUT2D eigenvalue weighted by Gasteiger charge is 2.38. The number of anilines is 1. The first-order chi connectivity index (χ1) is 24.7. The highest BCUT2D eigenvalue weighted by molar-refractivity contribution is 7.89. The molecule has 1 amide bonds. The minimum Gasteiger partial charge on any atom is -0.496 e. The molecule has 1 N–H and O–H groups in total. The van der Waals surface area contributed by atoms with Crippen LogP contribution in [-0.2, 0) is 27.9 Å². The highest BCUT2D eigenvalue weighted by Crippen LogP contribution is 2.46. The van der Waals surface area contributed by atoms with Crippen LogP contribution in [0.2, 0.25) is 10.0 Å². The number of sulfonamides is 1. The molecule has 8 nitrogen and oxygen atoms in total. The van der Waals surface area contributed by atoms with Crippen molar-refractivity contribution in [1.82, 2.24) is 4.31 Å². The van der Waals surface area contributed by atoms with Crippen molar-refractivity contribution in [3.63, 3.8) is 0 Å². The van der Waals surface area contributed by atoms with Crippen molar-refractivity contribution in [3.8, 4) is 5.75 Å². The number of carboxylic acids is 1. The van der Waals surface area contributed by atoms with E-state index in [1.807, 2.05) is 12.1 Å². The maximum Gasteiger partial charge on any atom is 0.339 e. The second kappa shape index (κ2) is 14.9. The quantitative estimate of drug-likeness (QED) is 0.128. The van der Waals surface area contributed by atoms with Crippen molar-refractivity contribution >= 4 is 56.9 Å². The number of halogens is 5. The predicted octanol–water partition coefficient (Wildman–Crippen LogP) is 8.94. The Hall–Kier alpha value is -4.36. The number of carbonyl (C=O) groups excluding carboxylic acids is 1. The van der Waals surface area contributed by atoms with Crippen molar-refractivity contribution in [2.45, 2.75) is 55.5 Å².